The molecule has 0 unspecified atom stereocenters. The molecule has 0 atom stereocenters. The zero-order valence-corrected chi connectivity index (χ0v) is 16.9. The van der Waals surface area contributed by atoms with Crippen LogP contribution in [0.15, 0.2) is 60.0 Å². The van der Waals surface area contributed by atoms with Crippen LogP contribution in [0.2, 0.25) is 5.02 Å². The smallest absolute Gasteiger partial charge is 0.271 e. The molecule has 1 saturated heterocycles. The first kappa shape index (κ1) is 18.8. The van der Waals surface area contributed by atoms with E-state index in [9.17, 15) is 4.79 Å². The van der Waals surface area contributed by atoms with E-state index in [1.807, 2.05) is 35.7 Å². The first-order valence-electron chi connectivity index (χ1n) is 9.23. The molecule has 4 rings (SSSR count). The van der Waals surface area contributed by atoms with E-state index in [1.54, 1.807) is 0 Å². The van der Waals surface area contributed by atoms with Gasteiger partial charge in [-0.2, -0.15) is 0 Å². The topological polar surface area (TPSA) is 48.5 Å². The molecule has 1 aromatic heterocycles. The van der Waals surface area contributed by atoms with Crippen LogP contribution in [-0.2, 0) is 6.54 Å². The normalized spacial score (nSPS) is 14.2. The van der Waals surface area contributed by atoms with Gasteiger partial charge in [-0.05, 0) is 23.8 Å². The fourth-order valence-electron chi connectivity index (χ4n) is 3.22. The molecule has 0 radical (unpaired) electrons. The Hall–Kier alpha value is -2.57. The van der Waals surface area contributed by atoms with Gasteiger partial charge in [0.25, 0.3) is 5.91 Å². The number of amides is 1. The van der Waals surface area contributed by atoms with Gasteiger partial charge in [0.05, 0.1) is 0 Å². The largest absolute Gasteiger partial charge is 0.368 e. The highest BCUT2D eigenvalue weighted by Gasteiger charge is 2.21. The van der Waals surface area contributed by atoms with Crippen molar-refractivity contribution in [3.05, 3.63) is 76.3 Å². The van der Waals surface area contributed by atoms with Crippen LogP contribution in [0.5, 0.6) is 0 Å². The zero-order valence-electron chi connectivity index (χ0n) is 15.3. The fraction of sp³-hybridized carbons (Fsp3) is 0.238. The SMILES string of the molecule is O=C(NCc1ccccc1Cl)c1csc(N2CCN(c3ccccc3)CC2)n1. The summed E-state index contributed by atoms with van der Waals surface area (Å²) < 4.78 is 0. The van der Waals surface area contributed by atoms with Crippen LogP contribution in [0.3, 0.4) is 0 Å². The number of para-hydroxylation sites is 1. The van der Waals surface area contributed by atoms with Crippen molar-refractivity contribution in [2.45, 2.75) is 6.54 Å². The molecule has 0 bridgehead atoms. The van der Waals surface area contributed by atoms with Crippen LogP contribution >= 0.6 is 22.9 Å². The highest BCUT2D eigenvalue weighted by atomic mass is 35.5. The van der Waals surface area contributed by atoms with E-state index in [-0.39, 0.29) is 5.91 Å². The number of halogens is 1. The summed E-state index contributed by atoms with van der Waals surface area (Å²) in [6.07, 6.45) is 0. The Bertz CT molecular complexity index is 938. The Morgan fingerprint density at radius 3 is 2.43 bits per heavy atom. The van der Waals surface area contributed by atoms with Crippen molar-refractivity contribution in [2.24, 2.45) is 0 Å². The van der Waals surface area contributed by atoms with Crippen molar-refractivity contribution in [1.82, 2.24) is 10.3 Å². The average molecular weight is 413 g/mol. The molecule has 1 N–H and O–H groups in total. The van der Waals surface area contributed by atoms with E-state index in [4.69, 9.17) is 11.6 Å². The van der Waals surface area contributed by atoms with Gasteiger partial charge in [-0.15, -0.1) is 11.3 Å². The Kier molecular flexibility index (Phi) is 5.78. The average Bonchev–Trinajstić information content (AvgIpc) is 3.24. The molecule has 5 nitrogen and oxygen atoms in total. The minimum absolute atomic E-state index is 0.176. The quantitative estimate of drug-likeness (QED) is 0.686. The van der Waals surface area contributed by atoms with Gasteiger partial charge >= 0.3 is 0 Å². The summed E-state index contributed by atoms with van der Waals surface area (Å²) in [5, 5.41) is 6.26. The molecular weight excluding hydrogens is 392 g/mol. The lowest BCUT2D eigenvalue weighted by Crippen LogP contribution is -2.46. The number of nitrogens with one attached hydrogen (secondary N) is 1. The van der Waals surface area contributed by atoms with Gasteiger partial charge in [0, 0.05) is 48.8 Å². The van der Waals surface area contributed by atoms with Gasteiger partial charge in [-0.25, -0.2) is 4.98 Å². The predicted molar refractivity (Wildman–Crippen MR) is 116 cm³/mol. The number of rotatable bonds is 5. The Labute approximate surface area is 173 Å². The van der Waals surface area contributed by atoms with Crippen LogP contribution < -0.4 is 15.1 Å². The summed E-state index contributed by atoms with van der Waals surface area (Å²) in [6, 6.07) is 17.9. The summed E-state index contributed by atoms with van der Waals surface area (Å²) in [5.74, 6) is -0.176. The van der Waals surface area contributed by atoms with E-state index in [0.29, 0.717) is 17.3 Å². The predicted octanol–water partition coefficient (Wildman–Crippen LogP) is 4.05. The standard InChI is InChI=1S/C21H21ClN4OS/c22-18-9-5-4-6-16(18)14-23-20(27)19-15-28-21(24-19)26-12-10-25(11-13-26)17-7-2-1-3-8-17/h1-9,15H,10-14H2,(H,23,27). The van der Waals surface area contributed by atoms with Crippen molar-refractivity contribution < 1.29 is 4.79 Å². The summed E-state index contributed by atoms with van der Waals surface area (Å²) >= 11 is 7.66. The number of piperazine rings is 1. The summed E-state index contributed by atoms with van der Waals surface area (Å²) in [4.78, 5) is 21.6. The van der Waals surface area contributed by atoms with E-state index in [2.05, 4.69) is 44.4 Å². The molecule has 1 aliphatic rings. The Balaban J connectivity index is 1.33. The van der Waals surface area contributed by atoms with Gasteiger partial charge in [0.15, 0.2) is 5.13 Å². The van der Waals surface area contributed by atoms with E-state index >= 15 is 0 Å². The Morgan fingerprint density at radius 1 is 1.00 bits per heavy atom. The van der Waals surface area contributed by atoms with Crippen LogP contribution in [0.4, 0.5) is 10.8 Å². The third-order valence-corrected chi connectivity index (χ3v) is 6.06. The number of carbonyl (C=O) groups excluding carboxylic acids is 1. The maximum absolute atomic E-state index is 12.4. The third kappa shape index (κ3) is 4.29. The molecule has 7 heteroatoms. The lowest BCUT2D eigenvalue weighted by atomic mass is 10.2. The molecule has 2 aromatic carbocycles. The number of carbonyl (C=O) groups is 1. The minimum atomic E-state index is -0.176. The molecule has 1 aliphatic heterocycles. The van der Waals surface area contributed by atoms with Gasteiger partial charge in [0.2, 0.25) is 0 Å². The number of aromatic nitrogens is 1. The number of hydrogen-bond donors (Lipinski definition) is 1. The Morgan fingerprint density at radius 2 is 1.68 bits per heavy atom. The summed E-state index contributed by atoms with van der Waals surface area (Å²) in [7, 11) is 0. The molecule has 2 heterocycles. The minimum Gasteiger partial charge on any atom is -0.368 e. The monoisotopic (exact) mass is 412 g/mol. The van der Waals surface area contributed by atoms with Crippen molar-refractivity contribution in [1.29, 1.82) is 0 Å². The molecule has 144 valence electrons. The van der Waals surface area contributed by atoms with Crippen LogP contribution in [0, 0.1) is 0 Å². The molecule has 1 fully saturated rings. The molecular formula is C21H21ClN4OS. The molecule has 0 aliphatic carbocycles. The van der Waals surface area contributed by atoms with Crippen molar-refractivity contribution in [2.75, 3.05) is 36.0 Å². The molecule has 1 amide bonds. The van der Waals surface area contributed by atoms with E-state index in [0.717, 1.165) is 36.9 Å². The maximum atomic E-state index is 12.4. The molecule has 0 spiro atoms. The van der Waals surface area contributed by atoms with Crippen LogP contribution in [0.25, 0.3) is 0 Å². The van der Waals surface area contributed by atoms with Gasteiger partial charge < -0.3 is 15.1 Å². The second-order valence-corrected chi connectivity index (χ2v) is 7.84. The third-order valence-electron chi connectivity index (χ3n) is 4.79. The van der Waals surface area contributed by atoms with Crippen LogP contribution in [0.1, 0.15) is 16.1 Å². The number of benzene rings is 2. The number of anilines is 2. The van der Waals surface area contributed by atoms with E-state index < -0.39 is 0 Å². The lowest BCUT2D eigenvalue weighted by Gasteiger charge is -2.35. The number of nitrogens with zero attached hydrogens (tertiary/aromatic N) is 3. The number of thiazole rings is 1. The second-order valence-electron chi connectivity index (χ2n) is 6.60. The maximum Gasteiger partial charge on any atom is 0.271 e. The molecule has 0 saturated carbocycles. The van der Waals surface area contributed by atoms with Crippen molar-refractivity contribution in [3.8, 4) is 0 Å². The highest BCUT2D eigenvalue weighted by molar-refractivity contribution is 7.13. The zero-order chi connectivity index (χ0) is 19.3. The second kappa shape index (κ2) is 8.63. The van der Waals surface area contributed by atoms with Gasteiger partial charge in [0.1, 0.15) is 5.69 Å². The van der Waals surface area contributed by atoms with E-state index in [1.165, 1.54) is 17.0 Å². The molecule has 3 aromatic rings. The lowest BCUT2D eigenvalue weighted by molar-refractivity contribution is 0.0946. The summed E-state index contributed by atoms with van der Waals surface area (Å²) in [5.41, 5.74) is 2.60. The van der Waals surface area contributed by atoms with Gasteiger partial charge in [-0.3, -0.25) is 4.79 Å². The first-order chi connectivity index (χ1) is 13.7. The summed E-state index contributed by atoms with van der Waals surface area (Å²) in [6.45, 7) is 4.06. The van der Waals surface area contributed by atoms with Gasteiger partial charge in [-0.1, -0.05) is 48.0 Å². The molecule has 28 heavy (non-hydrogen) atoms. The van der Waals surface area contributed by atoms with Crippen molar-refractivity contribution in [3.63, 3.8) is 0 Å². The fourth-order valence-corrected chi connectivity index (χ4v) is 4.28. The van der Waals surface area contributed by atoms with Crippen LogP contribution in [-0.4, -0.2) is 37.1 Å². The number of hydrogen-bond acceptors (Lipinski definition) is 5. The highest BCUT2D eigenvalue weighted by Crippen LogP contribution is 2.24. The first-order valence-corrected chi connectivity index (χ1v) is 10.5. The van der Waals surface area contributed by atoms with Crippen molar-refractivity contribution >= 4 is 39.7 Å².